The lowest BCUT2D eigenvalue weighted by molar-refractivity contribution is 0.00826. The lowest BCUT2D eigenvalue weighted by Crippen LogP contribution is -2.52. The van der Waals surface area contributed by atoms with Gasteiger partial charge in [-0.3, -0.25) is 0 Å². The zero-order valence-corrected chi connectivity index (χ0v) is 12.2. The predicted molar refractivity (Wildman–Crippen MR) is 71.2 cm³/mol. The third-order valence-corrected chi connectivity index (χ3v) is 3.08. The molecular formula is C13H24N2O4. The van der Waals surface area contributed by atoms with Crippen molar-refractivity contribution in [1.29, 1.82) is 0 Å². The van der Waals surface area contributed by atoms with Gasteiger partial charge >= 0.3 is 12.2 Å². The van der Waals surface area contributed by atoms with Crippen molar-refractivity contribution in [3.8, 4) is 0 Å². The van der Waals surface area contributed by atoms with E-state index < -0.39 is 11.7 Å². The van der Waals surface area contributed by atoms with Crippen LogP contribution in [0.15, 0.2) is 0 Å². The first-order valence-corrected chi connectivity index (χ1v) is 6.72. The van der Waals surface area contributed by atoms with Crippen LogP contribution in [0.25, 0.3) is 0 Å². The molecule has 1 rings (SSSR count). The second kappa shape index (κ2) is 6.12. The maximum Gasteiger partial charge on any atom is 0.410 e. The second-order valence-electron chi connectivity index (χ2n) is 5.79. The molecule has 1 heterocycles. The lowest BCUT2D eigenvalue weighted by atomic mass is 10.0. The van der Waals surface area contributed by atoms with Crippen molar-refractivity contribution in [2.75, 3.05) is 19.6 Å². The summed E-state index contributed by atoms with van der Waals surface area (Å²) in [4.78, 5) is 26.1. The molecule has 1 aliphatic rings. The molecule has 0 aromatic rings. The summed E-state index contributed by atoms with van der Waals surface area (Å²) in [5.41, 5.74) is -0.536. The maximum absolute atomic E-state index is 12.1. The highest BCUT2D eigenvalue weighted by molar-refractivity contribution is 5.69. The van der Waals surface area contributed by atoms with Crippen LogP contribution in [0.3, 0.4) is 0 Å². The van der Waals surface area contributed by atoms with Crippen molar-refractivity contribution < 1.29 is 19.4 Å². The minimum atomic E-state index is -0.926. The summed E-state index contributed by atoms with van der Waals surface area (Å²) in [7, 11) is 0. The molecule has 0 spiro atoms. The van der Waals surface area contributed by atoms with Crippen LogP contribution in [0, 0.1) is 0 Å². The van der Waals surface area contributed by atoms with Crippen molar-refractivity contribution in [3.05, 3.63) is 0 Å². The van der Waals surface area contributed by atoms with E-state index in [1.165, 1.54) is 4.90 Å². The largest absolute Gasteiger partial charge is 0.465 e. The van der Waals surface area contributed by atoms with E-state index in [0.29, 0.717) is 19.6 Å². The van der Waals surface area contributed by atoms with Gasteiger partial charge < -0.3 is 19.6 Å². The molecule has 1 unspecified atom stereocenters. The van der Waals surface area contributed by atoms with Gasteiger partial charge in [0, 0.05) is 19.6 Å². The molecule has 0 bridgehead atoms. The van der Waals surface area contributed by atoms with Gasteiger partial charge in [0.2, 0.25) is 0 Å². The van der Waals surface area contributed by atoms with E-state index in [2.05, 4.69) is 0 Å². The molecule has 6 heteroatoms. The first-order valence-electron chi connectivity index (χ1n) is 6.72. The second-order valence-corrected chi connectivity index (χ2v) is 5.79. The molecule has 6 nitrogen and oxygen atoms in total. The first-order chi connectivity index (χ1) is 8.74. The molecule has 1 fully saturated rings. The fourth-order valence-corrected chi connectivity index (χ4v) is 2.24. The number of hydrogen-bond donors (Lipinski definition) is 1. The van der Waals surface area contributed by atoms with Crippen LogP contribution in [-0.4, -0.2) is 58.4 Å². The normalized spacial score (nSPS) is 20.0. The molecule has 0 aromatic heterocycles. The van der Waals surface area contributed by atoms with Gasteiger partial charge in [0.1, 0.15) is 5.60 Å². The van der Waals surface area contributed by atoms with E-state index in [4.69, 9.17) is 9.84 Å². The van der Waals surface area contributed by atoms with Crippen LogP contribution in [0.2, 0.25) is 0 Å². The van der Waals surface area contributed by atoms with E-state index in [0.717, 1.165) is 12.8 Å². The monoisotopic (exact) mass is 272 g/mol. The number of likely N-dealkylation sites (N-methyl/N-ethyl adjacent to an activating group) is 1. The number of ether oxygens (including phenoxy) is 1. The van der Waals surface area contributed by atoms with Crippen LogP contribution >= 0.6 is 0 Å². The summed E-state index contributed by atoms with van der Waals surface area (Å²) in [6.07, 6.45) is 0.296. The third kappa shape index (κ3) is 4.61. The number of hydrogen-bond acceptors (Lipinski definition) is 3. The van der Waals surface area contributed by atoms with Crippen molar-refractivity contribution >= 4 is 12.2 Å². The van der Waals surface area contributed by atoms with Crippen LogP contribution < -0.4 is 0 Å². The average Bonchev–Trinajstić information content (AvgIpc) is 2.27. The van der Waals surface area contributed by atoms with Crippen molar-refractivity contribution in [2.24, 2.45) is 0 Å². The van der Waals surface area contributed by atoms with Crippen molar-refractivity contribution in [1.82, 2.24) is 9.80 Å². The van der Waals surface area contributed by atoms with Gasteiger partial charge in [0.25, 0.3) is 0 Å². The molecule has 110 valence electrons. The molecule has 1 saturated heterocycles. The Morgan fingerprint density at radius 2 is 2.05 bits per heavy atom. The molecule has 1 aliphatic heterocycles. The quantitative estimate of drug-likeness (QED) is 0.838. The van der Waals surface area contributed by atoms with E-state index in [-0.39, 0.29) is 12.1 Å². The average molecular weight is 272 g/mol. The molecular weight excluding hydrogens is 248 g/mol. The fraction of sp³-hybridized carbons (Fsp3) is 0.846. The molecule has 1 N–H and O–H groups in total. The topological polar surface area (TPSA) is 70.1 Å². The number of likely N-dealkylation sites (tertiary alicyclic amines) is 1. The van der Waals surface area contributed by atoms with Crippen LogP contribution in [-0.2, 0) is 4.74 Å². The molecule has 0 aromatic carbocycles. The molecule has 0 saturated carbocycles. The molecule has 0 aliphatic carbocycles. The van der Waals surface area contributed by atoms with Gasteiger partial charge in [0.05, 0.1) is 6.04 Å². The Bertz CT molecular complexity index is 338. The summed E-state index contributed by atoms with van der Waals surface area (Å²) in [6, 6.07) is -0.0929. The third-order valence-electron chi connectivity index (χ3n) is 3.08. The van der Waals surface area contributed by atoms with E-state index in [1.807, 2.05) is 27.7 Å². The first kappa shape index (κ1) is 15.6. The Kier molecular flexibility index (Phi) is 5.03. The number of carbonyl (C=O) groups is 2. The van der Waals surface area contributed by atoms with Gasteiger partial charge in [-0.25, -0.2) is 9.59 Å². The predicted octanol–water partition coefficient (Wildman–Crippen LogP) is 2.39. The van der Waals surface area contributed by atoms with Crippen molar-refractivity contribution in [3.63, 3.8) is 0 Å². The Labute approximate surface area is 114 Å². The SMILES string of the molecule is CCN(C(=O)OC(C)(C)C)C1CCCN(C(=O)O)C1. The van der Waals surface area contributed by atoms with Gasteiger partial charge in [0.15, 0.2) is 0 Å². The van der Waals surface area contributed by atoms with Crippen LogP contribution in [0.4, 0.5) is 9.59 Å². The number of carbonyl (C=O) groups excluding carboxylic acids is 1. The number of piperidine rings is 1. The molecule has 0 radical (unpaired) electrons. The van der Waals surface area contributed by atoms with Gasteiger partial charge in [-0.1, -0.05) is 0 Å². The number of amides is 2. The van der Waals surface area contributed by atoms with Gasteiger partial charge in [-0.05, 0) is 40.5 Å². The zero-order chi connectivity index (χ0) is 14.6. The molecule has 2 amide bonds. The fourth-order valence-electron chi connectivity index (χ4n) is 2.24. The maximum atomic E-state index is 12.1. The summed E-state index contributed by atoms with van der Waals surface area (Å²) in [6.45, 7) is 8.77. The van der Waals surface area contributed by atoms with E-state index in [9.17, 15) is 9.59 Å². The minimum Gasteiger partial charge on any atom is -0.465 e. The Hall–Kier alpha value is -1.46. The van der Waals surface area contributed by atoms with Crippen LogP contribution in [0.1, 0.15) is 40.5 Å². The zero-order valence-electron chi connectivity index (χ0n) is 12.2. The Morgan fingerprint density at radius 3 is 2.53 bits per heavy atom. The van der Waals surface area contributed by atoms with Crippen molar-refractivity contribution in [2.45, 2.75) is 52.2 Å². The van der Waals surface area contributed by atoms with Crippen LogP contribution in [0.5, 0.6) is 0 Å². The summed E-state index contributed by atoms with van der Waals surface area (Å²) in [5, 5.41) is 9.03. The smallest absolute Gasteiger partial charge is 0.410 e. The highest BCUT2D eigenvalue weighted by Crippen LogP contribution is 2.19. The van der Waals surface area contributed by atoms with E-state index in [1.54, 1.807) is 4.90 Å². The Balaban J connectivity index is 2.68. The van der Waals surface area contributed by atoms with E-state index >= 15 is 0 Å². The highest BCUT2D eigenvalue weighted by atomic mass is 16.6. The number of rotatable bonds is 2. The standard InChI is InChI=1S/C13H24N2O4/c1-5-15(12(18)19-13(2,3)4)10-7-6-8-14(9-10)11(16)17/h10H,5-9H2,1-4H3,(H,16,17). The lowest BCUT2D eigenvalue weighted by Gasteiger charge is -2.38. The van der Waals surface area contributed by atoms with Gasteiger partial charge in [-0.15, -0.1) is 0 Å². The number of carboxylic acid groups (broad SMARTS) is 1. The Morgan fingerprint density at radius 1 is 1.42 bits per heavy atom. The minimum absolute atomic E-state index is 0.0929. The summed E-state index contributed by atoms with van der Waals surface area (Å²) < 4.78 is 5.36. The highest BCUT2D eigenvalue weighted by Gasteiger charge is 2.31. The molecule has 1 atom stereocenters. The summed E-state index contributed by atoms with van der Waals surface area (Å²) in [5.74, 6) is 0. The molecule has 19 heavy (non-hydrogen) atoms. The van der Waals surface area contributed by atoms with Gasteiger partial charge in [-0.2, -0.15) is 0 Å². The summed E-state index contributed by atoms with van der Waals surface area (Å²) >= 11 is 0. The number of nitrogens with zero attached hydrogens (tertiary/aromatic N) is 2.